The number of nitrogens with one attached hydrogen (secondary N) is 1. The van der Waals surface area contributed by atoms with Gasteiger partial charge in [0.15, 0.2) is 0 Å². The molecule has 0 aromatic heterocycles. The summed E-state index contributed by atoms with van der Waals surface area (Å²) in [5.74, 6) is -0.850. The summed E-state index contributed by atoms with van der Waals surface area (Å²) < 4.78 is 0. The normalized spacial score (nSPS) is 19.2. The maximum Gasteiger partial charge on any atom is 0.326 e. The van der Waals surface area contributed by atoms with Crippen molar-refractivity contribution in [2.45, 2.75) is 18.9 Å². The highest BCUT2D eigenvalue weighted by molar-refractivity contribution is 6.35. The quantitative estimate of drug-likeness (QED) is 0.800. The van der Waals surface area contributed by atoms with E-state index in [1.807, 2.05) is 0 Å². The number of fused-ring (bicyclic) bond motifs is 1. The Bertz CT molecular complexity index is 420. The molecule has 0 bridgehead atoms. The van der Waals surface area contributed by atoms with Crippen LogP contribution in [0.3, 0.4) is 0 Å². The Balaban J connectivity index is 2.37. The van der Waals surface area contributed by atoms with E-state index in [9.17, 15) is 4.79 Å². The molecule has 3 nitrogen and oxygen atoms in total. The summed E-state index contributed by atoms with van der Waals surface area (Å²) in [5.41, 5.74) is 1.67. The van der Waals surface area contributed by atoms with Gasteiger partial charge in [-0.15, -0.1) is 0 Å². The molecule has 0 fully saturated rings. The van der Waals surface area contributed by atoms with Gasteiger partial charge >= 0.3 is 5.97 Å². The minimum absolute atomic E-state index is 0.511. The molecule has 80 valence electrons. The third-order valence-corrected chi connectivity index (χ3v) is 3.03. The van der Waals surface area contributed by atoms with E-state index in [1.54, 1.807) is 12.1 Å². The molecular weight excluding hydrogens is 237 g/mol. The summed E-state index contributed by atoms with van der Waals surface area (Å²) in [7, 11) is 0. The molecule has 1 aromatic rings. The van der Waals surface area contributed by atoms with Crippen molar-refractivity contribution in [1.82, 2.24) is 0 Å². The van der Waals surface area contributed by atoms with Crippen molar-refractivity contribution in [2.24, 2.45) is 0 Å². The van der Waals surface area contributed by atoms with Gasteiger partial charge in [0.1, 0.15) is 6.04 Å². The van der Waals surface area contributed by atoms with E-state index in [1.165, 1.54) is 0 Å². The summed E-state index contributed by atoms with van der Waals surface area (Å²) >= 11 is 11.8. The minimum Gasteiger partial charge on any atom is -0.480 e. The lowest BCUT2D eigenvalue weighted by atomic mass is 9.98. The molecule has 0 saturated carbocycles. The lowest BCUT2D eigenvalue weighted by Crippen LogP contribution is -2.33. The van der Waals surface area contributed by atoms with Crippen molar-refractivity contribution < 1.29 is 9.90 Å². The maximum atomic E-state index is 10.8. The van der Waals surface area contributed by atoms with Crippen LogP contribution in [-0.4, -0.2) is 17.1 Å². The molecule has 0 spiro atoms. The van der Waals surface area contributed by atoms with Crippen LogP contribution in [-0.2, 0) is 11.2 Å². The fourth-order valence-electron chi connectivity index (χ4n) is 1.72. The topological polar surface area (TPSA) is 49.3 Å². The molecule has 15 heavy (non-hydrogen) atoms. The SMILES string of the molecule is O=C(O)[C@H]1CCc2c(Cl)cc(Cl)cc2N1. The van der Waals surface area contributed by atoms with Crippen LogP contribution in [0.15, 0.2) is 12.1 Å². The zero-order chi connectivity index (χ0) is 11.0. The smallest absolute Gasteiger partial charge is 0.326 e. The molecule has 0 unspecified atom stereocenters. The Morgan fingerprint density at radius 3 is 2.87 bits per heavy atom. The van der Waals surface area contributed by atoms with Crippen molar-refractivity contribution in [2.75, 3.05) is 5.32 Å². The molecule has 1 aromatic carbocycles. The summed E-state index contributed by atoms with van der Waals surface area (Å²) in [6.07, 6.45) is 1.21. The third kappa shape index (κ3) is 2.03. The van der Waals surface area contributed by atoms with E-state index in [-0.39, 0.29) is 0 Å². The first-order chi connectivity index (χ1) is 7.08. The molecule has 0 amide bonds. The average Bonchev–Trinajstić information content (AvgIpc) is 2.16. The molecule has 1 aliphatic heterocycles. The summed E-state index contributed by atoms with van der Waals surface area (Å²) in [4.78, 5) is 10.8. The molecule has 1 aliphatic rings. The molecule has 2 N–H and O–H groups in total. The van der Waals surface area contributed by atoms with Gasteiger partial charge in [0, 0.05) is 15.7 Å². The van der Waals surface area contributed by atoms with Crippen molar-refractivity contribution in [1.29, 1.82) is 0 Å². The van der Waals surface area contributed by atoms with E-state index in [2.05, 4.69) is 5.32 Å². The maximum absolute atomic E-state index is 10.8. The number of aliphatic carboxylic acids is 1. The molecule has 0 saturated heterocycles. The van der Waals surface area contributed by atoms with Crippen LogP contribution >= 0.6 is 23.2 Å². The van der Waals surface area contributed by atoms with Crippen molar-refractivity contribution in [3.63, 3.8) is 0 Å². The van der Waals surface area contributed by atoms with Gasteiger partial charge in [-0.3, -0.25) is 0 Å². The first-order valence-electron chi connectivity index (χ1n) is 4.55. The van der Waals surface area contributed by atoms with Gasteiger partial charge in [-0.25, -0.2) is 4.79 Å². The number of hydrogen-bond acceptors (Lipinski definition) is 2. The lowest BCUT2D eigenvalue weighted by molar-refractivity contribution is -0.138. The van der Waals surface area contributed by atoms with Gasteiger partial charge in [-0.05, 0) is 30.5 Å². The Morgan fingerprint density at radius 2 is 2.20 bits per heavy atom. The lowest BCUT2D eigenvalue weighted by Gasteiger charge is -2.24. The van der Waals surface area contributed by atoms with Crippen LogP contribution in [0.25, 0.3) is 0 Å². The van der Waals surface area contributed by atoms with E-state index < -0.39 is 12.0 Å². The second kappa shape index (κ2) is 3.91. The molecule has 0 aliphatic carbocycles. The summed E-state index contributed by atoms with van der Waals surface area (Å²) in [6.45, 7) is 0. The second-order valence-electron chi connectivity index (χ2n) is 3.49. The number of rotatable bonds is 1. The number of halogens is 2. The van der Waals surface area contributed by atoms with Crippen molar-refractivity contribution in [3.8, 4) is 0 Å². The standard InChI is InChI=1S/C10H9Cl2NO2/c11-5-3-7(12)6-1-2-8(10(14)15)13-9(6)4-5/h3-4,8,13H,1-2H2,(H,14,15)/t8-/m1/s1. The third-order valence-electron chi connectivity index (χ3n) is 2.47. The number of carbonyl (C=O) groups is 1. The predicted molar refractivity (Wildman–Crippen MR) is 59.8 cm³/mol. The zero-order valence-electron chi connectivity index (χ0n) is 7.76. The highest BCUT2D eigenvalue weighted by Gasteiger charge is 2.24. The number of hydrogen-bond donors (Lipinski definition) is 2. The van der Waals surface area contributed by atoms with E-state index in [4.69, 9.17) is 28.3 Å². The fourth-order valence-corrected chi connectivity index (χ4v) is 2.31. The fraction of sp³-hybridized carbons (Fsp3) is 0.300. The van der Waals surface area contributed by atoms with E-state index in [0.717, 1.165) is 11.3 Å². The van der Waals surface area contributed by atoms with Crippen LogP contribution in [0.2, 0.25) is 10.0 Å². The zero-order valence-corrected chi connectivity index (χ0v) is 9.27. The van der Waals surface area contributed by atoms with Gasteiger partial charge in [0.05, 0.1) is 0 Å². The molecule has 0 radical (unpaired) electrons. The predicted octanol–water partition coefficient (Wildman–Crippen LogP) is 2.80. The van der Waals surface area contributed by atoms with Crippen LogP contribution in [0.1, 0.15) is 12.0 Å². The van der Waals surface area contributed by atoms with Crippen molar-refractivity contribution >= 4 is 34.9 Å². The van der Waals surface area contributed by atoms with Gasteiger partial charge in [-0.1, -0.05) is 23.2 Å². The Hall–Kier alpha value is -0.930. The van der Waals surface area contributed by atoms with Crippen LogP contribution in [0, 0.1) is 0 Å². The average molecular weight is 246 g/mol. The number of anilines is 1. The molecular formula is C10H9Cl2NO2. The van der Waals surface area contributed by atoms with Crippen LogP contribution in [0.5, 0.6) is 0 Å². The monoisotopic (exact) mass is 245 g/mol. The summed E-state index contributed by atoms with van der Waals surface area (Å²) in [6, 6.07) is 2.83. The molecule has 1 atom stereocenters. The number of carboxylic acids is 1. The Labute approximate surface area is 97.0 Å². The van der Waals surface area contributed by atoms with Crippen LogP contribution in [0.4, 0.5) is 5.69 Å². The Morgan fingerprint density at radius 1 is 1.47 bits per heavy atom. The number of carboxylic acid groups (broad SMARTS) is 1. The highest BCUT2D eigenvalue weighted by atomic mass is 35.5. The number of benzene rings is 1. The highest BCUT2D eigenvalue weighted by Crippen LogP contribution is 2.33. The van der Waals surface area contributed by atoms with Gasteiger partial charge in [-0.2, -0.15) is 0 Å². The molecule has 2 rings (SSSR count). The Kier molecular flexibility index (Phi) is 2.76. The molecule has 5 heteroatoms. The minimum atomic E-state index is -0.850. The van der Waals surface area contributed by atoms with Gasteiger partial charge < -0.3 is 10.4 Å². The summed E-state index contributed by atoms with van der Waals surface area (Å²) in [5, 5.41) is 12.9. The first-order valence-corrected chi connectivity index (χ1v) is 5.31. The van der Waals surface area contributed by atoms with Gasteiger partial charge in [0.25, 0.3) is 0 Å². The first kappa shape index (κ1) is 10.6. The van der Waals surface area contributed by atoms with Crippen molar-refractivity contribution in [3.05, 3.63) is 27.7 Å². The van der Waals surface area contributed by atoms with E-state index >= 15 is 0 Å². The molecule has 1 heterocycles. The largest absolute Gasteiger partial charge is 0.480 e. The van der Waals surface area contributed by atoms with Crippen LogP contribution < -0.4 is 5.32 Å². The van der Waals surface area contributed by atoms with Gasteiger partial charge in [0.2, 0.25) is 0 Å². The van der Waals surface area contributed by atoms with E-state index in [0.29, 0.717) is 22.9 Å². The second-order valence-corrected chi connectivity index (χ2v) is 4.33.